The molecule has 1 amide bonds. The third kappa shape index (κ3) is 2.84. The molecule has 1 saturated heterocycles. The van der Waals surface area contributed by atoms with E-state index in [4.69, 9.17) is 0 Å². The third-order valence-corrected chi connectivity index (χ3v) is 5.12. The Bertz CT molecular complexity index is 451. The van der Waals surface area contributed by atoms with Crippen LogP contribution in [0.15, 0.2) is 11.4 Å². The quantitative estimate of drug-likeness (QED) is 0.918. The zero-order valence-corrected chi connectivity index (χ0v) is 12.3. The fourth-order valence-electron chi connectivity index (χ4n) is 3.06. The lowest BCUT2D eigenvalue weighted by molar-refractivity contribution is 0.0678. The van der Waals surface area contributed by atoms with Crippen molar-refractivity contribution in [2.75, 3.05) is 26.7 Å². The number of piperidine rings is 1. The number of hydrogen-bond acceptors (Lipinski definition) is 3. The topological polar surface area (TPSA) is 32.3 Å². The normalized spacial score (nSPS) is 23.6. The Morgan fingerprint density at radius 3 is 3.05 bits per heavy atom. The van der Waals surface area contributed by atoms with Crippen LogP contribution in [0.4, 0.5) is 0 Å². The highest BCUT2D eigenvalue weighted by atomic mass is 32.1. The maximum absolute atomic E-state index is 12.7. The monoisotopic (exact) mass is 278 g/mol. The van der Waals surface area contributed by atoms with Crippen molar-refractivity contribution in [1.82, 2.24) is 10.2 Å². The van der Waals surface area contributed by atoms with E-state index in [0.717, 1.165) is 30.9 Å². The number of thiophene rings is 1. The largest absolute Gasteiger partial charge is 0.338 e. The highest BCUT2D eigenvalue weighted by molar-refractivity contribution is 7.12. The molecule has 3 nitrogen and oxygen atoms in total. The summed E-state index contributed by atoms with van der Waals surface area (Å²) < 4.78 is 0. The second-order valence-electron chi connectivity index (χ2n) is 5.80. The van der Waals surface area contributed by atoms with Gasteiger partial charge in [0.05, 0.1) is 4.88 Å². The van der Waals surface area contributed by atoms with Crippen molar-refractivity contribution in [1.29, 1.82) is 0 Å². The average molecular weight is 278 g/mol. The van der Waals surface area contributed by atoms with Crippen molar-refractivity contribution in [3.05, 3.63) is 21.9 Å². The molecule has 0 bridgehead atoms. The predicted molar refractivity (Wildman–Crippen MR) is 78.8 cm³/mol. The highest BCUT2D eigenvalue weighted by Crippen LogP contribution is 2.43. The van der Waals surface area contributed by atoms with E-state index in [2.05, 4.69) is 21.7 Å². The van der Waals surface area contributed by atoms with Crippen LogP contribution in [0.3, 0.4) is 0 Å². The van der Waals surface area contributed by atoms with Crippen molar-refractivity contribution < 1.29 is 4.79 Å². The van der Waals surface area contributed by atoms with E-state index in [9.17, 15) is 4.79 Å². The molecule has 1 aliphatic heterocycles. The van der Waals surface area contributed by atoms with E-state index in [1.165, 1.54) is 24.8 Å². The van der Waals surface area contributed by atoms with Crippen LogP contribution in [-0.2, 0) is 0 Å². The third-order valence-electron chi connectivity index (χ3n) is 4.21. The molecule has 4 heteroatoms. The molecule has 2 aliphatic rings. The van der Waals surface area contributed by atoms with Gasteiger partial charge in [0.2, 0.25) is 0 Å². The molecule has 0 aromatic carbocycles. The first-order valence-electron chi connectivity index (χ1n) is 7.31. The molecule has 0 spiro atoms. The molecule has 19 heavy (non-hydrogen) atoms. The average Bonchev–Trinajstić information content (AvgIpc) is 3.16. The Morgan fingerprint density at radius 1 is 1.47 bits per heavy atom. The van der Waals surface area contributed by atoms with E-state index in [0.29, 0.717) is 11.8 Å². The lowest BCUT2D eigenvalue weighted by Crippen LogP contribution is -2.42. The molecule has 1 atom stereocenters. The number of rotatable bonds is 4. The molecule has 2 fully saturated rings. The van der Waals surface area contributed by atoms with Gasteiger partial charge in [0.15, 0.2) is 0 Å². The van der Waals surface area contributed by atoms with Gasteiger partial charge >= 0.3 is 0 Å². The first kappa shape index (κ1) is 13.1. The molecule has 1 aromatic rings. The molecule has 2 heterocycles. The number of amides is 1. The predicted octanol–water partition coefficient (Wildman–Crippen LogP) is 2.70. The number of nitrogens with one attached hydrogen (secondary N) is 1. The van der Waals surface area contributed by atoms with Crippen LogP contribution in [0.5, 0.6) is 0 Å². The Hall–Kier alpha value is -0.870. The van der Waals surface area contributed by atoms with Crippen LogP contribution in [0.1, 0.15) is 46.8 Å². The molecule has 104 valence electrons. The van der Waals surface area contributed by atoms with Gasteiger partial charge in [-0.25, -0.2) is 0 Å². The van der Waals surface area contributed by atoms with E-state index >= 15 is 0 Å². The van der Waals surface area contributed by atoms with Crippen LogP contribution >= 0.6 is 11.3 Å². The summed E-state index contributed by atoms with van der Waals surface area (Å²) >= 11 is 1.63. The van der Waals surface area contributed by atoms with E-state index in [1.54, 1.807) is 11.3 Å². The van der Waals surface area contributed by atoms with Gasteiger partial charge in [-0.05, 0) is 68.1 Å². The van der Waals surface area contributed by atoms with Gasteiger partial charge in [-0.2, -0.15) is 0 Å². The molecule has 3 rings (SSSR count). The van der Waals surface area contributed by atoms with Crippen molar-refractivity contribution in [3.63, 3.8) is 0 Å². The summed E-state index contributed by atoms with van der Waals surface area (Å²) in [5.74, 6) is 1.56. The standard InChI is InChI=1S/C15H22N2OS/c1-16-9-11-3-2-7-17(10-11)15(18)14-13(6-8-19-14)12-4-5-12/h6,8,11-12,16H,2-5,7,9-10H2,1H3/t11-/m0/s1. The lowest BCUT2D eigenvalue weighted by Gasteiger charge is -2.32. The van der Waals surface area contributed by atoms with Crippen molar-refractivity contribution in [3.8, 4) is 0 Å². The first-order valence-corrected chi connectivity index (χ1v) is 8.19. The lowest BCUT2D eigenvalue weighted by atomic mass is 9.97. The Morgan fingerprint density at radius 2 is 2.32 bits per heavy atom. The second kappa shape index (κ2) is 5.63. The van der Waals surface area contributed by atoms with Gasteiger partial charge in [0.1, 0.15) is 0 Å². The van der Waals surface area contributed by atoms with Crippen LogP contribution < -0.4 is 5.32 Å². The number of hydrogen-bond donors (Lipinski definition) is 1. The summed E-state index contributed by atoms with van der Waals surface area (Å²) in [5.41, 5.74) is 1.31. The van der Waals surface area contributed by atoms with Crippen molar-refractivity contribution in [2.45, 2.75) is 31.6 Å². The minimum Gasteiger partial charge on any atom is -0.338 e. The maximum Gasteiger partial charge on any atom is 0.264 e. The number of likely N-dealkylation sites (tertiary alicyclic amines) is 1. The van der Waals surface area contributed by atoms with Gasteiger partial charge in [-0.15, -0.1) is 11.3 Å². The zero-order valence-electron chi connectivity index (χ0n) is 11.5. The minimum atomic E-state index is 0.276. The van der Waals surface area contributed by atoms with Gasteiger partial charge in [-0.3, -0.25) is 4.79 Å². The molecule has 1 aromatic heterocycles. The Balaban J connectivity index is 1.70. The summed E-state index contributed by atoms with van der Waals surface area (Å²) in [6, 6.07) is 2.16. The summed E-state index contributed by atoms with van der Waals surface area (Å²) in [5, 5.41) is 5.32. The minimum absolute atomic E-state index is 0.276. The maximum atomic E-state index is 12.7. The molecular formula is C15H22N2OS. The van der Waals surface area contributed by atoms with Gasteiger partial charge < -0.3 is 10.2 Å². The summed E-state index contributed by atoms with van der Waals surface area (Å²) in [7, 11) is 1.99. The van der Waals surface area contributed by atoms with E-state index in [1.807, 2.05) is 7.05 Å². The zero-order chi connectivity index (χ0) is 13.2. The molecular weight excluding hydrogens is 256 g/mol. The number of carbonyl (C=O) groups is 1. The first-order chi connectivity index (χ1) is 9.29. The van der Waals surface area contributed by atoms with Crippen molar-refractivity contribution in [2.24, 2.45) is 5.92 Å². The summed E-state index contributed by atoms with van der Waals surface area (Å²) in [6.07, 6.45) is 4.91. The SMILES string of the molecule is CNC[C@@H]1CCCN(C(=O)c2sccc2C2CC2)C1. The van der Waals surface area contributed by atoms with Crippen LogP contribution in [0.25, 0.3) is 0 Å². The number of carbonyl (C=O) groups excluding carboxylic acids is 1. The molecule has 1 saturated carbocycles. The summed E-state index contributed by atoms with van der Waals surface area (Å²) in [6.45, 7) is 2.87. The highest BCUT2D eigenvalue weighted by Gasteiger charge is 2.32. The Labute approximate surface area is 119 Å². The molecule has 0 radical (unpaired) electrons. The Kier molecular flexibility index (Phi) is 3.89. The van der Waals surface area contributed by atoms with Crippen LogP contribution in [0.2, 0.25) is 0 Å². The molecule has 0 unspecified atom stereocenters. The second-order valence-corrected chi connectivity index (χ2v) is 6.71. The smallest absolute Gasteiger partial charge is 0.264 e. The van der Waals surface area contributed by atoms with Crippen LogP contribution in [-0.4, -0.2) is 37.5 Å². The fraction of sp³-hybridized carbons (Fsp3) is 0.667. The molecule has 1 N–H and O–H groups in total. The number of nitrogens with zero attached hydrogens (tertiary/aromatic N) is 1. The van der Waals surface area contributed by atoms with Gasteiger partial charge in [-0.1, -0.05) is 0 Å². The van der Waals surface area contributed by atoms with Crippen LogP contribution in [0, 0.1) is 5.92 Å². The summed E-state index contributed by atoms with van der Waals surface area (Å²) in [4.78, 5) is 15.8. The van der Waals surface area contributed by atoms with E-state index in [-0.39, 0.29) is 5.91 Å². The van der Waals surface area contributed by atoms with Gasteiger partial charge in [0, 0.05) is 13.1 Å². The fourth-order valence-corrected chi connectivity index (χ4v) is 4.01. The molecule has 1 aliphatic carbocycles. The van der Waals surface area contributed by atoms with Crippen molar-refractivity contribution >= 4 is 17.2 Å². The van der Waals surface area contributed by atoms with E-state index < -0.39 is 0 Å². The van der Waals surface area contributed by atoms with Gasteiger partial charge in [0.25, 0.3) is 5.91 Å².